The lowest BCUT2D eigenvalue weighted by Crippen LogP contribution is -2.34. The predicted octanol–water partition coefficient (Wildman–Crippen LogP) is 4.14. The summed E-state index contributed by atoms with van der Waals surface area (Å²) in [7, 11) is 0. The summed E-state index contributed by atoms with van der Waals surface area (Å²) in [6, 6.07) is 7.97. The quantitative estimate of drug-likeness (QED) is 0.827. The molecule has 0 unspecified atom stereocenters. The maximum absolute atomic E-state index is 11.8. The fourth-order valence-corrected chi connectivity index (χ4v) is 1.78. The van der Waals surface area contributed by atoms with E-state index in [1.54, 1.807) is 6.08 Å². The Labute approximate surface area is 115 Å². The summed E-state index contributed by atoms with van der Waals surface area (Å²) in [6.45, 7) is 11.3. The molecule has 0 fully saturated rings. The Morgan fingerprint density at radius 2 is 2.16 bits per heavy atom. The zero-order valence-corrected chi connectivity index (χ0v) is 12.2. The van der Waals surface area contributed by atoms with Gasteiger partial charge < -0.3 is 10.1 Å². The minimum Gasteiger partial charge on any atom is -0.444 e. The first kappa shape index (κ1) is 15.3. The lowest BCUT2D eigenvalue weighted by atomic mass is 10.0. The third kappa shape index (κ3) is 5.60. The van der Waals surface area contributed by atoms with Crippen LogP contribution in [-0.2, 0) is 4.74 Å². The van der Waals surface area contributed by atoms with Crippen LogP contribution >= 0.6 is 0 Å². The second-order valence-electron chi connectivity index (χ2n) is 5.64. The molecule has 1 N–H and O–H groups in total. The van der Waals surface area contributed by atoms with Crippen molar-refractivity contribution < 1.29 is 9.53 Å². The molecule has 0 bridgehead atoms. The molecule has 0 spiro atoms. The topological polar surface area (TPSA) is 38.3 Å². The van der Waals surface area contributed by atoms with E-state index in [4.69, 9.17) is 4.74 Å². The molecule has 0 aliphatic heterocycles. The van der Waals surface area contributed by atoms with Crippen molar-refractivity contribution in [1.82, 2.24) is 5.32 Å². The summed E-state index contributed by atoms with van der Waals surface area (Å²) in [6.07, 6.45) is 2.06. The van der Waals surface area contributed by atoms with Crippen molar-refractivity contribution in [2.75, 3.05) is 0 Å². The molecule has 3 nitrogen and oxygen atoms in total. The maximum atomic E-state index is 11.8. The van der Waals surface area contributed by atoms with Crippen molar-refractivity contribution in [3.8, 4) is 0 Å². The van der Waals surface area contributed by atoms with E-state index in [9.17, 15) is 4.79 Å². The molecule has 0 aromatic heterocycles. The number of hydrogen-bond donors (Lipinski definition) is 1. The van der Waals surface area contributed by atoms with Crippen molar-refractivity contribution in [2.24, 2.45) is 0 Å². The molecule has 104 valence electrons. The van der Waals surface area contributed by atoms with Gasteiger partial charge in [-0.15, -0.1) is 6.58 Å². The lowest BCUT2D eigenvalue weighted by molar-refractivity contribution is 0.0504. The monoisotopic (exact) mass is 261 g/mol. The SMILES string of the molecule is C=CC[C@@H](NC(=O)OC(C)(C)C)c1cccc(C)c1. The van der Waals surface area contributed by atoms with Crippen LogP contribution in [0, 0.1) is 6.92 Å². The van der Waals surface area contributed by atoms with Gasteiger partial charge in [-0.05, 0) is 39.7 Å². The molecule has 0 saturated carbocycles. The molecule has 19 heavy (non-hydrogen) atoms. The third-order valence-corrected chi connectivity index (χ3v) is 2.54. The molecule has 0 heterocycles. The number of alkyl carbamates (subject to hydrolysis) is 1. The van der Waals surface area contributed by atoms with Crippen LogP contribution in [-0.4, -0.2) is 11.7 Å². The molecule has 0 aliphatic carbocycles. The molecular weight excluding hydrogens is 238 g/mol. The predicted molar refractivity (Wildman–Crippen MR) is 78.1 cm³/mol. The Balaban J connectivity index is 2.78. The van der Waals surface area contributed by atoms with Gasteiger partial charge in [0, 0.05) is 0 Å². The van der Waals surface area contributed by atoms with Gasteiger partial charge in [-0.1, -0.05) is 35.9 Å². The van der Waals surface area contributed by atoms with E-state index < -0.39 is 11.7 Å². The molecule has 0 saturated heterocycles. The van der Waals surface area contributed by atoms with Crippen LogP contribution in [0.1, 0.15) is 44.4 Å². The highest BCUT2D eigenvalue weighted by atomic mass is 16.6. The zero-order valence-electron chi connectivity index (χ0n) is 12.2. The number of ether oxygens (including phenoxy) is 1. The Bertz CT molecular complexity index is 446. The van der Waals surface area contributed by atoms with Crippen LogP contribution in [0.4, 0.5) is 4.79 Å². The van der Waals surface area contributed by atoms with Gasteiger partial charge >= 0.3 is 6.09 Å². The number of amides is 1. The molecule has 1 aromatic carbocycles. The minimum atomic E-state index is -0.491. The van der Waals surface area contributed by atoms with Gasteiger partial charge in [-0.25, -0.2) is 4.79 Å². The summed E-state index contributed by atoms with van der Waals surface area (Å²) < 4.78 is 5.28. The molecule has 1 atom stereocenters. The number of carbonyl (C=O) groups is 1. The number of hydrogen-bond acceptors (Lipinski definition) is 2. The molecule has 1 aromatic rings. The summed E-state index contributed by atoms with van der Waals surface area (Å²) in [5.74, 6) is 0. The highest BCUT2D eigenvalue weighted by Crippen LogP contribution is 2.19. The average molecular weight is 261 g/mol. The van der Waals surface area contributed by atoms with Crippen LogP contribution < -0.4 is 5.32 Å². The molecular formula is C16H23NO2. The summed E-state index contributed by atoms with van der Waals surface area (Å²) in [5.41, 5.74) is 1.73. The van der Waals surface area contributed by atoms with Crippen molar-refractivity contribution in [2.45, 2.75) is 45.8 Å². The van der Waals surface area contributed by atoms with Gasteiger partial charge in [0.1, 0.15) is 5.60 Å². The molecule has 3 heteroatoms. The van der Waals surface area contributed by atoms with Gasteiger partial charge in [0.05, 0.1) is 6.04 Å². The van der Waals surface area contributed by atoms with E-state index in [0.29, 0.717) is 6.42 Å². The van der Waals surface area contributed by atoms with Gasteiger partial charge in [0.15, 0.2) is 0 Å². The van der Waals surface area contributed by atoms with Crippen LogP contribution in [0.2, 0.25) is 0 Å². The van der Waals surface area contributed by atoms with Gasteiger partial charge in [-0.3, -0.25) is 0 Å². The lowest BCUT2D eigenvalue weighted by Gasteiger charge is -2.23. The Hall–Kier alpha value is -1.77. The number of carbonyl (C=O) groups excluding carboxylic acids is 1. The molecule has 1 rings (SSSR count). The average Bonchev–Trinajstić information content (AvgIpc) is 2.26. The Morgan fingerprint density at radius 3 is 2.68 bits per heavy atom. The summed E-state index contributed by atoms with van der Waals surface area (Å²) in [4.78, 5) is 11.8. The molecule has 0 radical (unpaired) electrons. The first-order valence-electron chi connectivity index (χ1n) is 6.49. The van der Waals surface area contributed by atoms with E-state index in [1.807, 2.05) is 45.9 Å². The standard InChI is InChI=1S/C16H23NO2/c1-6-8-14(13-10-7-9-12(2)11-13)17-15(18)19-16(3,4)5/h6-7,9-11,14H,1,8H2,2-5H3,(H,17,18)/t14-/m1/s1. The molecule has 1 amide bonds. The highest BCUT2D eigenvalue weighted by Gasteiger charge is 2.19. The second kappa shape index (κ2) is 6.41. The third-order valence-electron chi connectivity index (χ3n) is 2.54. The Morgan fingerprint density at radius 1 is 1.47 bits per heavy atom. The number of rotatable bonds is 4. The fourth-order valence-electron chi connectivity index (χ4n) is 1.78. The van der Waals surface area contributed by atoms with E-state index in [-0.39, 0.29) is 6.04 Å². The van der Waals surface area contributed by atoms with Crippen LogP contribution in [0.15, 0.2) is 36.9 Å². The zero-order chi connectivity index (χ0) is 14.5. The number of nitrogens with one attached hydrogen (secondary N) is 1. The first-order valence-corrected chi connectivity index (χ1v) is 6.49. The number of benzene rings is 1. The second-order valence-corrected chi connectivity index (χ2v) is 5.64. The summed E-state index contributed by atoms with van der Waals surface area (Å²) >= 11 is 0. The minimum absolute atomic E-state index is 0.104. The van der Waals surface area contributed by atoms with Crippen LogP contribution in [0.25, 0.3) is 0 Å². The van der Waals surface area contributed by atoms with Gasteiger partial charge in [0.25, 0.3) is 0 Å². The van der Waals surface area contributed by atoms with Crippen LogP contribution in [0.5, 0.6) is 0 Å². The van der Waals surface area contributed by atoms with Gasteiger partial charge in [-0.2, -0.15) is 0 Å². The van der Waals surface area contributed by atoms with Crippen LogP contribution in [0.3, 0.4) is 0 Å². The van der Waals surface area contributed by atoms with E-state index in [0.717, 1.165) is 11.1 Å². The smallest absolute Gasteiger partial charge is 0.408 e. The maximum Gasteiger partial charge on any atom is 0.408 e. The first-order chi connectivity index (χ1) is 8.81. The van der Waals surface area contributed by atoms with E-state index in [1.165, 1.54) is 0 Å². The molecule has 0 aliphatic rings. The van der Waals surface area contributed by atoms with Crippen molar-refractivity contribution in [3.63, 3.8) is 0 Å². The van der Waals surface area contributed by atoms with Gasteiger partial charge in [0.2, 0.25) is 0 Å². The summed E-state index contributed by atoms with van der Waals surface area (Å²) in [5, 5.41) is 2.89. The van der Waals surface area contributed by atoms with Crippen molar-refractivity contribution in [3.05, 3.63) is 48.0 Å². The normalized spacial score (nSPS) is 12.6. The largest absolute Gasteiger partial charge is 0.444 e. The fraction of sp³-hybridized carbons (Fsp3) is 0.438. The highest BCUT2D eigenvalue weighted by molar-refractivity contribution is 5.68. The van der Waals surface area contributed by atoms with Crippen molar-refractivity contribution >= 4 is 6.09 Å². The van der Waals surface area contributed by atoms with E-state index in [2.05, 4.69) is 18.0 Å². The Kier molecular flexibility index (Phi) is 5.16. The number of aryl methyl sites for hydroxylation is 1. The van der Waals surface area contributed by atoms with E-state index >= 15 is 0 Å². The van der Waals surface area contributed by atoms with Crippen molar-refractivity contribution in [1.29, 1.82) is 0 Å².